The lowest BCUT2D eigenvalue weighted by Gasteiger charge is -2.11. The molecule has 1 heterocycles. The average Bonchev–Trinajstić information content (AvgIpc) is 2.60. The van der Waals surface area contributed by atoms with E-state index in [0.29, 0.717) is 24.7 Å². The first-order valence-electron chi connectivity index (χ1n) is 6.14. The summed E-state index contributed by atoms with van der Waals surface area (Å²) in [6, 6.07) is 4.35. The third kappa shape index (κ3) is 3.59. The Morgan fingerprint density at radius 3 is 2.68 bits per heavy atom. The third-order valence-corrected chi connectivity index (χ3v) is 4.05. The fourth-order valence-electron chi connectivity index (χ4n) is 1.64. The summed E-state index contributed by atoms with van der Waals surface area (Å²) in [6.45, 7) is 3.01. The molecular weight excluding hydrogens is 268 g/mol. The first-order valence-corrected chi connectivity index (χ1v) is 7.62. The van der Waals surface area contributed by atoms with E-state index in [1.54, 1.807) is 13.0 Å². The highest BCUT2D eigenvalue weighted by Gasteiger charge is 2.18. The molecule has 0 aromatic heterocycles. The zero-order valence-corrected chi connectivity index (χ0v) is 11.6. The molecule has 6 nitrogen and oxygen atoms in total. The molecule has 7 heteroatoms. The Labute approximate surface area is 112 Å². The van der Waals surface area contributed by atoms with Gasteiger partial charge in [0, 0.05) is 25.1 Å². The van der Waals surface area contributed by atoms with Crippen LogP contribution in [0.1, 0.15) is 13.3 Å². The molecule has 1 aromatic rings. The van der Waals surface area contributed by atoms with Crippen molar-refractivity contribution in [3.05, 3.63) is 18.2 Å². The summed E-state index contributed by atoms with van der Waals surface area (Å²) in [7, 11) is -3.57. The summed E-state index contributed by atoms with van der Waals surface area (Å²) in [5, 5.41) is 0. The third-order valence-electron chi connectivity index (χ3n) is 2.62. The van der Waals surface area contributed by atoms with Gasteiger partial charge in [0.05, 0.1) is 18.1 Å². The molecule has 3 N–H and O–H groups in total. The van der Waals surface area contributed by atoms with Gasteiger partial charge >= 0.3 is 0 Å². The minimum atomic E-state index is -3.57. The first-order chi connectivity index (χ1) is 8.99. The average molecular weight is 286 g/mol. The molecule has 0 saturated carbocycles. The molecule has 0 saturated heterocycles. The van der Waals surface area contributed by atoms with Crippen LogP contribution < -0.4 is 19.9 Å². The molecule has 1 aromatic carbocycles. The van der Waals surface area contributed by atoms with Gasteiger partial charge in [-0.3, -0.25) is 0 Å². The lowest BCUT2D eigenvalue weighted by molar-refractivity contribution is 0.297. The maximum atomic E-state index is 12.0. The Bertz CT molecular complexity index is 543. The minimum absolute atomic E-state index is 0.150. The molecular formula is C12H18N2O4S. The van der Waals surface area contributed by atoms with Crippen molar-refractivity contribution in [2.45, 2.75) is 24.3 Å². The van der Waals surface area contributed by atoms with Gasteiger partial charge < -0.3 is 15.2 Å². The molecule has 0 spiro atoms. The van der Waals surface area contributed by atoms with Gasteiger partial charge in [0.25, 0.3) is 0 Å². The van der Waals surface area contributed by atoms with E-state index in [2.05, 4.69) is 4.72 Å². The molecule has 0 radical (unpaired) electrons. The Balaban J connectivity index is 2.23. The van der Waals surface area contributed by atoms with Crippen molar-refractivity contribution in [1.82, 2.24) is 4.72 Å². The van der Waals surface area contributed by atoms with E-state index in [4.69, 9.17) is 15.2 Å². The van der Waals surface area contributed by atoms with Crippen molar-refractivity contribution in [3.8, 4) is 11.5 Å². The molecule has 1 unspecified atom stereocenters. The zero-order chi connectivity index (χ0) is 13.9. The number of sulfonamides is 1. The molecule has 1 atom stereocenters. The summed E-state index contributed by atoms with van der Waals surface area (Å²) >= 11 is 0. The van der Waals surface area contributed by atoms with Crippen molar-refractivity contribution in [3.63, 3.8) is 0 Å². The summed E-state index contributed by atoms with van der Waals surface area (Å²) in [4.78, 5) is 0.150. The van der Waals surface area contributed by atoms with Crippen LogP contribution in [0.4, 0.5) is 0 Å². The lowest BCUT2D eigenvalue weighted by atomic mass is 10.3. The van der Waals surface area contributed by atoms with E-state index in [1.807, 2.05) is 0 Å². The second-order valence-corrected chi connectivity index (χ2v) is 6.26. The molecule has 2 rings (SSSR count). The molecule has 19 heavy (non-hydrogen) atoms. The number of hydrogen-bond acceptors (Lipinski definition) is 5. The first kappa shape index (κ1) is 14.1. The maximum Gasteiger partial charge on any atom is 0.240 e. The summed E-state index contributed by atoms with van der Waals surface area (Å²) < 4.78 is 37.5. The fourth-order valence-corrected chi connectivity index (χ4v) is 2.79. The van der Waals surface area contributed by atoms with E-state index in [9.17, 15) is 8.42 Å². The van der Waals surface area contributed by atoms with Crippen molar-refractivity contribution < 1.29 is 17.9 Å². The van der Waals surface area contributed by atoms with E-state index in [0.717, 1.165) is 6.42 Å². The van der Waals surface area contributed by atoms with Crippen LogP contribution in [0.15, 0.2) is 23.1 Å². The molecule has 0 bridgehead atoms. The Morgan fingerprint density at radius 1 is 1.32 bits per heavy atom. The molecule has 1 aliphatic rings. The molecule has 0 aliphatic carbocycles. The van der Waals surface area contributed by atoms with Gasteiger partial charge in [-0.25, -0.2) is 13.1 Å². The summed E-state index contributed by atoms with van der Waals surface area (Å²) in [6.07, 6.45) is 0.777. The van der Waals surface area contributed by atoms with Gasteiger partial charge in [-0.1, -0.05) is 0 Å². The van der Waals surface area contributed by atoms with Gasteiger partial charge in [0.2, 0.25) is 10.0 Å². The quantitative estimate of drug-likeness (QED) is 0.840. The van der Waals surface area contributed by atoms with E-state index in [-0.39, 0.29) is 17.5 Å². The molecule has 0 amide bonds. The Morgan fingerprint density at radius 2 is 2.00 bits per heavy atom. The SMILES string of the molecule is CC(N)CNS(=O)(=O)c1ccc2c(c1)OCCCO2. The number of fused-ring (bicyclic) bond motifs is 1. The van der Waals surface area contributed by atoms with Crippen LogP contribution in [0.2, 0.25) is 0 Å². The predicted molar refractivity (Wildman–Crippen MR) is 70.9 cm³/mol. The highest BCUT2D eigenvalue weighted by atomic mass is 32.2. The second kappa shape index (κ2) is 5.77. The smallest absolute Gasteiger partial charge is 0.240 e. The van der Waals surface area contributed by atoms with Gasteiger partial charge in [-0.2, -0.15) is 0 Å². The van der Waals surface area contributed by atoms with Crippen LogP contribution in [-0.2, 0) is 10.0 Å². The van der Waals surface area contributed by atoms with Crippen LogP contribution in [-0.4, -0.2) is 34.2 Å². The highest BCUT2D eigenvalue weighted by Crippen LogP contribution is 2.31. The van der Waals surface area contributed by atoms with Crippen LogP contribution in [0.3, 0.4) is 0 Å². The maximum absolute atomic E-state index is 12.0. The van der Waals surface area contributed by atoms with Crippen molar-refractivity contribution in [1.29, 1.82) is 0 Å². The number of nitrogens with two attached hydrogens (primary N) is 1. The predicted octanol–water partition coefficient (Wildman–Crippen LogP) is 0.473. The summed E-state index contributed by atoms with van der Waals surface area (Å²) in [5.41, 5.74) is 5.54. The molecule has 1 aliphatic heterocycles. The molecule has 106 valence electrons. The topological polar surface area (TPSA) is 90.7 Å². The lowest BCUT2D eigenvalue weighted by Crippen LogP contribution is -2.35. The second-order valence-electron chi connectivity index (χ2n) is 4.49. The van der Waals surface area contributed by atoms with Crippen LogP contribution in [0.25, 0.3) is 0 Å². The Hall–Kier alpha value is -1.31. The standard InChI is InChI=1S/C12H18N2O4S/c1-9(13)8-14-19(15,16)10-3-4-11-12(7-10)18-6-2-5-17-11/h3-4,7,9,14H,2,5-6,8,13H2,1H3. The fraction of sp³-hybridized carbons (Fsp3) is 0.500. The van der Waals surface area contributed by atoms with E-state index >= 15 is 0 Å². The zero-order valence-electron chi connectivity index (χ0n) is 10.8. The highest BCUT2D eigenvalue weighted by molar-refractivity contribution is 7.89. The number of ether oxygens (including phenoxy) is 2. The summed E-state index contributed by atoms with van der Waals surface area (Å²) in [5.74, 6) is 1.03. The van der Waals surface area contributed by atoms with Gasteiger partial charge in [0.1, 0.15) is 0 Å². The van der Waals surface area contributed by atoms with Crippen LogP contribution in [0, 0.1) is 0 Å². The van der Waals surface area contributed by atoms with Gasteiger partial charge in [-0.05, 0) is 19.1 Å². The van der Waals surface area contributed by atoms with Gasteiger partial charge in [-0.15, -0.1) is 0 Å². The number of hydrogen-bond donors (Lipinski definition) is 2. The molecule has 0 fully saturated rings. The van der Waals surface area contributed by atoms with E-state index in [1.165, 1.54) is 12.1 Å². The van der Waals surface area contributed by atoms with Crippen LogP contribution in [0.5, 0.6) is 11.5 Å². The van der Waals surface area contributed by atoms with Crippen molar-refractivity contribution in [2.24, 2.45) is 5.73 Å². The normalized spacial score (nSPS) is 16.7. The van der Waals surface area contributed by atoms with Crippen LogP contribution >= 0.6 is 0 Å². The van der Waals surface area contributed by atoms with Crippen molar-refractivity contribution >= 4 is 10.0 Å². The van der Waals surface area contributed by atoms with Gasteiger partial charge in [0.15, 0.2) is 11.5 Å². The largest absolute Gasteiger partial charge is 0.490 e. The van der Waals surface area contributed by atoms with Crippen molar-refractivity contribution in [2.75, 3.05) is 19.8 Å². The number of rotatable bonds is 4. The Kier molecular flexibility index (Phi) is 4.28. The van der Waals surface area contributed by atoms with E-state index < -0.39 is 10.0 Å². The minimum Gasteiger partial charge on any atom is -0.490 e. The monoisotopic (exact) mass is 286 g/mol. The number of benzene rings is 1. The number of nitrogens with one attached hydrogen (secondary N) is 1.